The number of aromatic amines is 1. The molecular weight excluding hydrogens is 362 g/mol. The van der Waals surface area contributed by atoms with Gasteiger partial charge in [-0.05, 0) is 57.6 Å². The summed E-state index contributed by atoms with van der Waals surface area (Å²) >= 11 is 5.29. The van der Waals surface area contributed by atoms with Crippen molar-refractivity contribution < 1.29 is 4.79 Å². The molecule has 2 N–H and O–H groups in total. The van der Waals surface area contributed by atoms with E-state index in [9.17, 15) is 9.59 Å². The van der Waals surface area contributed by atoms with Crippen molar-refractivity contribution in [2.45, 2.75) is 39.8 Å². The summed E-state index contributed by atoms with van der Waals surface area (Å²) in [5.41, 5.74) is 2.48. The highest BCUT2D eigenvalue weighted by molar-refractivity contribution is 7.71. The average Bonchev–Trinajstić information content (AvgIpc) is 2.95. The van der Waals surface area contributed by atoms with Gasteiger partial charge in [0.15, 0.2) is 4.77 Å². The molecule has 0 radical (unpaired) electrons. The Morgan fingerprint density at radius 3 is 2.78 bits per heavy atom. The van der Waals surface area contributed by atoms with Crippen molar-refractivity contribution in [3.8, 4) is 0 Å². The highest BCUT2D eigenvalue weighted by atomic mass is 32.1. The fourth-order valence-corrected chi connectivity index (χ4v) is 3.49. The van der Waals surface area contributed by atoms with Crippen molar-refractivity contribution in [2.75, 3.05) is 6.54 Å². The Morgan fingerprint density at radius 2 is 2.07 bits per heavy atom. The van der Waals surface area contributed by atoms with E-state index in [4.69, 9.17) is 12.2 Å². The molecule has 0 fully saturated rings. The van der Waals surface area contributed by atoms with E-state index in [1.165, 1.54) is 4.57 Å². The number of hydrogen-bond acceptors (Lipinski definition) is 4. The molecule has 0 aliphatic rings. The number of benzene rings is 1. The number of aryl methyl sites for hydroxylation is 3. The van der Waals surface area contributed by atoms with E-state index in [1.54, 1.807) is 25.1 Å². The predicted octanol–water partition coefficient (Wildman–Crippen LogP) is 2.64. The number of H-pyrrole nitrogens is 1. The minimum absolute atomic E-state index is 0.236. The van der Waals surface area contributed by atoms with Crippen LogP contribution in [0.2, 0.25) is 0 Å². The molecule has 2 heterocycles. The Labute approximate surface area is 162 Å². The first-order chi connectivity index (χ1) is 12.9. The van der Waals surface area contributed by atoms with Crippen LogP contribution in [0.15, 0.2) is 35.1 Å². The molecule has 0 aliphatic carbocycles. The number of carbonyl (C=O) groups is 1. The lowest BCUT2D eigenvalue weighted by Gasteiger charge is -2.16. The van der Waals surface area contributed by atoms with Crippen LogP contribution in [0.3, 0.4) is 0 Å². The van der Waals surface area contributed by atoms with Crippen LogP contribution in [0, 0.1) is 18.6 Å². The van der Waals surface area contributed by atoms with Gasteiger partial charge < -0.3 is 10.3 Å². The lowest BCUT2D eigenvalue weighted by atomic mass is 10.2. The molecule has 142 valence electrons. The number of nitrogens with one attached hydrogen (secondary N) is 2. The Hall–Kier alpha value is -2.74. The third kappa shape index (κ3) is 4.00. The molecule has 0 saturated heterocycles. The maximum Gasteiger partial charge on any atom is 0.262 e. The second-order valence-electron chi connectivity index (χ2n) is 6.62. The van der Waals surface area contributed by atoms with Gasteiger partial charge in [-0.1, -0.05) is 12.1 Å². The largest absolute Gasteiger partial charge is 0.354 e. The molecule has 0 aliphatic heterocycles. The standard InChI is InChI=1S/C19H23N5O2S/c1-12-11-13(2)23(22-12)10-6-9-20-17(25)14(3)24-18(26)15-7-4-5-8-16(15)21-19(24)27/h4-5,7-8,11,14H,6,9-10H2,1-3H3,(H,20,25)(H,21,27)/t14-/m1/s1. The molecule has 27 heavy (non-hydrogen) atoms. The molecule has 7 nitrogen and oxygen atoms in total. The van der Waals surface area contributed by atoms with Gasteiger partial charge in [-0.3, -0.25) is 18.8 Å². The second-order valence-corrected chi connectivity index (χ2v) is 7.01. The average molecular weight is 385 g/mol. The molecule has 2 aromatic heterocycles. The zero-order valence-electron chi connectivity index (χ0n) is 15.7. The normalized spacial score (nSPS) is 12.3. The number of nitrogens with zero attached hydrogens (tertiary/aromatic N) is 3. The van der Waals surface area contributed by atoms with Gasteiger partial charge in [-0.15, -0.1) is 0 Å². The van der Waals surface area contributed by atoms with Crippen molar-refractivity contribution in [2.24, 2.45) is 0 Å². The van der Waals surface area contributed by atoms with Crippen molar-refractivity contribution >= 4 is 29.0 Å². The zero-order chi connectivity index (χ0) is 19.6. The number of carbonyl (C=O) groups excluding carboxylic acids is 1. The van der Waals surface area contributed by atoms with E-state index in [2.05, 4.69) is 15.4 Å². The fraction of sp³-hybridized carbons (Fsp3) is 0.368. The van der Waals surface area contributed by atoms with Gasteiger partial charge in [0.1, 0.15) is 6.04 Å². The molecule has 3 rings (SSSR count). The third-order valence-corrected chi connectivity index (χ3v) is 4.85. The lowest BCUT2D eigenvalue weighted by Crippen LogP contribution is -2.37. The van der Waals surface area contributed by atoms with Gasteiger partial charge in [-0.25, -0.2) is 0 Å². The summed E-state index contributed by atoms with van der Waals surface area (Å²) in [5, 5.41) is 7.79. The van der Waals surface area contributed by atoms with Crippen molar-refractivity contribution in [3.05, 3.63) is 56.8 Å². The molecule has 0 bridgehead atoms. The number of fused-ring (bicyclic) bond motifs is 1. The number of rotatable bonds is 6. The van der Waals surface area contributed by atoms with Crippen LogP contribution in [0.25, 0.3) is 10.9 Å². The topological polar surface area (TPSA) is 84.7 Å². The van der Waals surface area contributed by atoms with Crippen LogP contribution >= 0.6 is 12.2 Å². The second kappa shape index (κ2) is 7.87. The van der Waals surface area contributed by atoms with E-state index in [1.807, 2.05) is 30.7 Å². The van der Waals surface area contributed by atoms with Gasteiger partial charge in [0.25, 0.3) is 5.56 Å². The smallest absolute Gasteiger partial charge is 0.262 e. The van der Waals surface area contributed by atoms with Gasteiger partial charge in [0.05, 0.1) is 16.6 Å². The number of aromatic nitrogens is 4. The summed E-state index contributed by atoms with van der Waals surface area (Å²) in [4.78, 5) is 28.3. The molecule has 1 aromatic carbocycles. The summed E-state index contributed by atoms with van der Waals surface area (Å²) in [5.74, 6) is -0.236. The molecule has 1 amide bonds. The molecule has 0 saturated carbocycles. The number of amides is 1. The summed E-state index contributed by atoms with van der Waals surface area (Å²) in [6, 6.07) is 8.46. The summed E-state index contributed by atoms with van der Waals surface area (Å²) < 4.78 is 3.49. The first kappa shape index (κ1) is 19.0. The predicted molar refractivity (Wildman–Crippen MR) is 107 cm³/mol. The molecule has 0 spiro atoms. The van der Waals surface area contributed by atoms with Crippen LogP contribution < -0.4 is 10.9 Å². The third-order valence-electron chi connectivity index (χ3n) is 4.55. The lowest BCUT2D eigenvalue weighted by molar-refractivity contribution is -0.124. The van der Waals surface area contributed by atoms with Crippen LogP contribution in [0.4, 0.5) is 0 Å². The van der Waals surface area contributed by atoms with Gasteiger partial charge in [0.2, 0.25) is 5.91 Å². The number of para-hydroxylation sites is 1. The van der Waals surface area contributed by atoms with Crippen LogP contribution in [-0.4, -0.2) is 31.8 Å². The van der Waals surface area contributed by atoms with Gasteiger partial charge in [0, 0.05) is 18.8 Å². The quantitative estimate of drug-likeness (QED) is 0.505. The van der Waals surface area contributed by atoms with Crippen molar-refractivity contribution in [1.82, 2.24) is 24.6 Å². The number of hydrogen-bond donors (Lipinski definition) is 2. The van der Waals surface area contributed by atoms with Gasteiger partial charge >= 0.3 is 0 Å². The fourth-order valence-electron chi connectivity index (χ4n) is 3.13. The minimum atomic E-state index is -0.695. The van der Waals surface area contributed by atoms with E-state index in [0.29, 0.717) is 17.4 Å². The highest BCUT2D eigenvalue weighted by Crippen LogP contribution is 2.10. The monoisotopic (exact) mass is 385 g/mol. The van der Waals surface area contributed by atoms with E-state index >= 15 is 0 Å². The first-order valence-corrected chi connectivity index (χ1v) is 9.31. The minimum Gasteiger partial charge on any atom is -0.354 e. The van der Waals surface area contributed by atoms with Crippen molar-refractivity contribution in [3.63, 3.8) is 0 Å². The van der Waals surface area contributed by atoms with E-state index < -0.39 is 6.04 Å². The first-order valence-electron chi connectivity index (χ1n) is 8.91. The molecule has 8 heteroatoms. The zero-order valence-corrected chi connectivity index (χ0v) is 16.5. The summed E-state index contributed by atoms with van der Waals surface area (Å²) in [6.07, 6.45) is 0.750. The molecule has 0 unspecified atom stereocenters. The SMILES string of the molecule is Cc1cc(C)n(CCCNC(=O)[C@@H](C)n2c(=S)[nH]c3ccccc3c2=O)n1. The maximum absolute atomic E-state index is 12.7. The summed E-state index contributed by atoms with van der Waals surface area (Å²) in [6.45, 7) is 6.87. The Bertz CT molecular complexity index is 1100. The Balaban J connectivity index is 1.67. The maximum atomic E-state index is 12.7. The highest BCUT2D eigenvalue weighted by Gasteiger charge is 2.18. The molecule has 1 atom stereocenters. The molecule has 3 aromatic rings. The summed E-state index contributed by atoms with van der Waals surface area (Å²) in [7, 11) is 0. The van der Waals surface area contributed by atoms with Crippen LogP contribution in [0.1, 0.15) is 30.8 Å². The molecular formula is C19H23N5O2S. The van der Waals surface area contributed by atoms with Gasteiger partial charge in [-0.2, -0.15) is 5.10 Å². The Kier molecular flexibility index (Phi) is 5.55. The van der Waals surface area contributed by atoms with Crippen LogP contribution in [0.5, 0.6) is 0 Å². The Morgan fingerprint density at radius 1 is 1.33 bits per heavy atom. The van der Waals surface area contributed by atoms with E-state index in [-0.39, 0.29) is 16.2 Å². The van der Waals surface area contributed by atoms with Crippen LogP contribution in [-0.2, 0) is 11.3 Å². The van der Waals surface area contributed by atoms with E-state index in [0.717, 1.165) is 24.4 Å². The van der Waals surface area contributed by atoms with Crippen molar-refractivity contribution in [1.29, 1.82) is 0 Å².